The molecule has 1 aliphatic carbocycles. The lowest BCUT2D eigenvalue weighted by Gasteiger charge is -2.29. The second-order valence-electron chi connectivity index (χ2n) is 6.83. The van der Waals surface area contributed by atoms with E-state index in [1.54, 1.807) is 24.3 Å². The summed E-state index contributed by atoms with van der Waals surface area (Å²) in [4.78, 5) is 24.2. The summed E-state index contributed by atoms with van der Waals surface area (Å²) >= 11 is 0. The minimum Gasteiger partial charge on any atom is -0.350 e. The van der Waals surface area contributed by atoms with Crippen molar-refractivity contribution in [1.82, 2.24) is 10.6 Å². The molecule has 1 aliphatic rings. The third kappa shape index (κ3) is 5.25. The Labute approximate surface area is 144 Å². The van der Waals surface area contributed by atoms with Crippen LogP contribution in [-0.4, -0.2) is 24.0 Å². The molecule has 5 heteroatoms. The summed E-state index contributed by atoms with van der Waals surface area (Å²) in [5.41, 5.74) is 1.29. The standard InChI is InChI=1S/C19H29N3O2/c1-4-14(3)20-18(23)15-9-11-16(12-10-15)21-19(24)22-17-8-6-5-7-13(17)2/h9-14,17H,4-8H2,1-3H3,(H,20,23)(H2,21,22,24). The molecule has 1 aromatic carbocycles. The van der Waals surface area contributed by atoms with Gasteiger partial charge in [-0.25, -0.2) is 4.79 Å². The van der Waals surface area contributed by atoms with E-state index in [9.17, 15) is 9.59 Å². The molecule has 0 spiro atoms. The molecule has 24 heavy (non-hydrogen) atoms. The number of hydrogen-bond acceptors (Lipinski definition) is 2. The summed E-state index contributed by atoms with van der Waals surface area (Å²) in [5, 5.41) is 8.83. The number of amides is 3. The van der Waals surface area contributed by atoms with E-state index in [4.69, 9.17) is 0 Å². The summed E-state index contributed by atoms with van der Waals surface area (Å²) in [5.74, 6) is 0.438. The first-order chi connectivity index (χ1) is 11.5. The van der Waals surface area contributed by atoms with E-state index in [0.717, 1.165) is 12.8 Å². The Bertz CT molecular complexity index is 556. The molecular formula is C19H29N3O2. The molecule has 5 nitrogen and oxygen atoms in total. The van der Waals surface area contributed by atoms with E-state index < -0.39 is 0 Å². The predicted molar refractivity (Wildman–Crippen MR) is 97.2 cm³/mol. The SMILES string of the molecule is CCC(C)NC(=O)c1ccc(NC(=O)NC2CCCCC2C)cc1. The summed E-state index contributed by atoms with van der Waals surface area (Å²) in [7, 11) is 0. The zero-order chi connectivity index (χ0) is 17.5. The molecule has 3 atom stereocenters. The van der Waals surface area contributed by atoms with Crippen molar-refractivity contribution in [3.05, 3.63) is 29.8 Å². The van der Waals surface area contributed by atoms with Crippen LogP contribution in [0.3, 0.4) is 0 Å². The molecule has 0 aliphatic heterocycles. The molecule has 1 aromatic rings. The highest BCUT2D eigenvalue weighted by atomic mass is 16.2. The highest BCUT2D eigenvalue weighted by molar-refractivity contribution is 5.95. The van der Waals surface area contributed by atoms with Gasteiger partial charge >= 0.3 is 6.03 Å². The average Bonchev–Trinajstić information content (AvgIpc) is 2.57. The first-order valence-corrected chi connectivity index (χ1v) is 8.98. The lowest BCUT2D eigenvalue weighted by Crippen LogP contribution is -2.43. The van der Waals surface area contributed by atoms with Crippen LogP contribution in [0.15, 0.2) is 24.3 Å². The number of hydrogen-bond donors (Lipinski definition) is 3. The van der Waals surface area contributed by atoms with Crippen molar-refractivity contribution in [3.8, 4) is 0 Å². The van der Waals surface area contributed by atoms with Gasteiger partial charge in [0.2, 0.25) is 0 Å². The van der Waals surface area contributed by atoms with E-state index in [1.807, 2.05) is 13.8 Å². The average molecular weight is 331 g/mol. The van der Waals surface area contributed by atoms with Crippen LogP contribution >= 0.6 is 0 Å². The molecule has 1 saturated carbocycles. The summed E-state index contributed by atoms with van der Waals surface area (Å²) < 4.78 is 0. The number of nitrogens with one attached hydrogen (secondary N) is 3. The lowest BCUT2D eigenvalue weighted by atomic mass is 9.86. The Morgan fingerprint density at radius 2 is 1.83 bits per heavy atom. The molecule has 2 rings (SSSR count). The monoisotopic (exact) mass is 331 g/mol. The maximum Gasteiger partial charge on any atom is 0.319 e. The fraction of sp³-hybridized carbons (Fsp3) is 0.579. The minimum absolute atomic E-state index is 0.0867. The van der Waals surface area contributed by atoms with Crippen LogP contribution in [0.2, 0.25) is 0 Å². The Balaban J connectivity index is 1.86. The molecule has 3 amide bonds. The summed E-state index contributed by atoms with van der Waals surface area (Å²) in [6.45, 7) is 6.20. The van der Waals surface area contributed by atoms with Crippen molar-refractivity contribution in [2.45, 2.75) is 65.0 Å². The first kappa shape index (κ1) is 18.3. The number of urea groups is 1. The molecule has 3 N–H and O–H groups in total. The number of carbonyl (C=O) groups excluding carboxylic acids is 2. The minimum atomic E-state index is -0.175. The molecule has 0 bridgehead atoms. The Hall–Kier alpha value is -2.04. The van der Waals surface area contributed by atoms with Gasteiger partial charge in [-0.1, -0.05) is 26.7 Å². The van der Waals surface area contributed by atoms with Crippen molar-refractivity contribution < 1.29 is 9.59 Å². The van der Waals surface area contributed by atoms with Gasteiger partial charge in [-0.05, 0) is 56.4 Å². The van der Waals surface area contributed by atoms with Crippen molar-refractivity contribution in [1.29, 1.82) is 0 Å². The maximum atomic E-state index is 12.1. The van der Waals surface area contributed by atoms with Gasteiger partial charge in [-0.3, -0.25) is 4.79 Å². The largest absolute Gasteiger partial charge is 0.350 e. The van der Waals surface area contributed by atoms with Gasteiger partial charge in [-0.2, -0.15) is 0 Å². The zero-order valence-corrected chi connectivity index (χ0v) is 14.9. The normalized spacial score (nSPS) is 21.6. The topological polar surface area (TPSA) is 70.2 Å². The van der Waals surface area contributed by atoms with E-state index in [2.05, 4.69) is 22.9 Å². The molecule has 132 valence electrons. The molecule has 1 fully saturated rings. The van der Waals surface area contributed by atoms with Gasteiger partial charge in [-0.15, -0.1) is 0 Å². The molecular weight excluding hydrogens is 302 g/mol. The fourth-order valence-electron chi connectivity index (χ4n) is 2.98. The van der Waals surface area contributed by atoms with Gasteiger partial charge < -0.3 is 16.0 Å². The van der Waals surface area contributed by atoms with Gasteiger partial charge in [0.25, 0.3) is 5.91 Å². The number of rotatable bonds is 5. The van der Waals surface area contributed by atoms with E-state index in [1.165, 1.54) is 19.3 Å². The van der Waals surface area contributed by atoms with Gasteiger partial charge in [0.15, 0.2) is 0 Å². The maximum absolute atomic E-state index is 12.1. The zero-order valence-electron chi connectivity index (χ0n) is 14.9. The highest BCUT2D eigenvalue weighted by Gasteiger charge is 2.22. The smallest absolute Gasteiger partial charge is 0.319 e. The van der Waals surface area contributed by atoms with E-state index >= 15 is 0 Å². The predicted octanol–water partition coefficient (Wildman–Crippen LogP) is 3.92. The number of carbonyl (C=O) groups is 2. The van der Waals surface area contributed by atoms with Crippen LogP contribution in [0.25, 0.3) is 0 Å². The second-order valence-corrected chi connectivity index (χ2v) is 6.83. The van der Waals surface area contributed by atoms with Crippen LogP contribution in [0, 0.1) is 5.92 Å². The van der Waals surface area contributed by atoms with Gasteiger partial charge in [0, 0.05) is 23.3 Å². The van der Waals surface area contributed by atoms with Crippen LogP contribution in [0.4, 0.5) is 10.5 Å². The first-order valence-electron chi connectivity index (χ1n) is 8.98. The van der Waals surface area contributed by atoms with Gasteiger partial charge in [0.1, 0.15) is 0 Å². The summed E-state index contributed by atoms with van der Waals surface area (Å²) in [6, 6.07) is 7.21. The third-order valence-electron chi connectivity index (χ3n) is 4.82. The Kier molecular flexibility index (Phi) is 6.64. The van der Waals surface area contributed by atoms with Crippen LogP contribution in [0.5, 0.6) is 0 Å². The molecule has 0 saturated heterocycles. The van der Waals surface area contributed by atoms with Crippen molar-refractivity contribution in [2.24, 2.45) is 5.92 Å². The second kappa shape index (κ2) is 8.71. The molecule has 0 heterocycles. The number of anilines is 1. The molecule has 0 radical (unpaired) electrons. The Morgan fingerprint density at radius 1 is 1.17 bits per heavy atom. The molecule has 0 aromatic heterocycles. The van der Waals surface area contributed by atoms with Crippen LogP contribution < -0.4 is 16.0 Å². The quantitative estimate of drug-likeness (QED) is 0.765. The third-order valence-corrected chi connectivity index (χ3v) is 4.82. The number of benzene rings is 1. The fourth-order valence-corrected chi connectivity index (χ4v) is 2.98. The van der Waals surface area contributed by atoms with E-state index in [0.29, 0.717) is 17.2 Å². The Morgan fingerprint density at radius 3 is 2.46 bits per heavy atom. The van der Waals surface area contributed by atoms with Crippen molar-refractivity contribution in [3.63, 3.8) is 0 Å². The van der Waals surface area contributed by atoms with E-state index in [-0.39, 0.29) is 24.0 Å². The van der Waals surface area contributed by atoms with Crippen molar-refractivity contribution in [2.75, 3.05) is 5.32 Å². The summed E-state index contributed by atoms with van der Waals surface area (Å²) in [6.07, 6.45) is 5.54. The van der Waals surface area contributed by atoms with Crippen LogP contribution in [-0.2, 0) is 0 Å². The van der Waals surface area contributed by atoms with Crippen molar-refractivity contribution >= 4 is 17.6 Å². The highest BCUT2D eigenvalue weighted by Crippen LogP contribution is 2.23. The molecule has 3 unspecified atom stereocenters. The van der Waals surface area contributed by atoms with Gasteiger partial charge in [0.05, 0.1) is 0 Å². The van der Waals surface area contributed by atoms with Crippen LogP contribution in [0.1, 0.15) is 63.2 Å². The lowest BCUT2D eigenvalue weighted by molar-refractivity contribution is 0.0939.